The highest BCUT2D eigenvalue weighted by Crippen LogP contribution is 2.20. The van der Waals surface area contributed by atoms with Crippen molar-refractivity contribution < 1.29 is 0 Å². The maximum atomic E-state index is 4.67. The SMILES string of the molecule is CCCNC(Cc1nccn1CC)c1ncc(C)cc1C. The number of nitrogens with zero attached hydrogens (tertiary/aromatic N) is 3. The van der Waals surface area contributed by atoms with Gasteiger partial charge in [-0.25, -0.2) is 4.98 Å². The van der Waals surface area contributed by atoms with Crippen molar-refractivity contribution in [3.8, 4) is 0 Å². The predicted octanol–water partition coefficient (Wildman–Crippen LogP) is 3.20. The van der Waals surface area contributed by atoms with E-state index in [-0.39, 0.29) is 6.04 Å². The highest BCUT2D eigenvalue weighted by molar-refractivity contribution is 5.26. The molecule has 2 heterocycles. The molecule has 2 aromatic rings. The molecule has 0 radical (unpaired) electrons. The minimum Gasteiger partial charge on any atom is -0.335 e. The van der Waals surface area contributed by atoms with Gasteiger partial charge in [-0.3, -0.25) is 4.98 Å². The highest BCUT2D eigenvalue weighted by Gasteiger charge is 2.17. The molecule has 0 saturated carbocycles. The standard InChI is InChI=1S/C17H26N4/c1-5-7-18-15(11-16-19-8-9-21(16)6-2)17-14(4)10-13(3)12-20-17/h8-10,12,15,18H,5-7,11H2,1-4H3. The van der Waals surface area contributed by atoms with E-state index in [1.165, 1.54) is 11.1 Å². The van der Waals surface area contributed by atoms with Crippen LogP contribution in [0, 0.1) is 13.8 Å². The third kappa shape index (κ3) is 3.91. The molecule has 0 aliphatic heterocycles. The topological polar surface area (TPSA) is 42.7 Å². The first-order valence-corrected chi connectivity index (χ1v) is 7.82. The quantitative estimate of drug-likeness (QED) is 0.850. The van der Waals surface area contributed by atoms with Gasteiger partial charge in [-0.05, 0) is 44.9 Å². The van der Waals surface area contributed by atoms with Gasteiger partial charge < -0.3 is 9.88 Å². The molecule has 1 atom stereocenters. The van der Waals surface area contributed by atoms with Crippen LogP contribution >= 0.6 is 0 Å². The Labute approximate surface area is 127 Å². The number of nitrogens with one attached hydrogen (secondary N) is 1. The molecule has 0 saturated heterocycles. The molecule has 1 N–H and O–H groups in total. The molecule has 4 heteroatoms. The van der Waals surface area contributed by atoms with E-state index >= 15 is 0 Å². The van der Waals surface area contributed by atoms with E-state index < -0.39 is 0 Å². The van der Waals surface area contributed by atoms with E-state index in [4.69, 9.17) is 0 Å². The number of aromatic nitrogens is 3. The van der Waals surface area contributed by atoms with Crippen LogP contribution in [0.4, 0.5) is 0 Å². The van der Waals surface area contributed by atoms with Crippen LogP contribution in [0.2, 0.25) is 0 Å². The first kappa shape index (κ1) is 15.7. The van der Waals surface area contributed by atoms with Gasteiger partial charge in [0.1, 0.15) is 5.82 Å². The van der Waals surface area contributed by atoms with E-state index in [2.05, 4.69) is 53.6 Å². The average molecular weight is 286 g/mol. The molecule has 0 fully saturated rings. The van der Waals surface area contributed by atoms with E-state index in [1.807, 2.05) is 18.6 Å². The van der Waals surface area contributed by atoms with Crippen molar-refractivity contribution in [1.29, 1.82) is 0 Å². The zero-order valence-electron chi connectivity index (χ0n) is 13.6. The van der Waals surface area contributed by atoms with Gasteiger partial charge in [-0.15, -0.1) is 0 Å². The Bertz CT molecular complexity index is 574. The molecule has 0 aliphatic carbocycles. The fourth-order valence-corrected chi connectivity index (χ4v) is 2.68. The Kier molecular flexibility index (Phi) is 5.51. The van der Waals surface area contributed by atoms with Crippen molar-refractivity contribution in [2.24, 2.45) is 0 Å². The smallest absolute Gasteiger partial charge is 0.110 e. The second-order valence-electron chi connectivity index (χ2n) is 5.56. The van der Waals surface area contributed by atoms with Gasteiger partial charge in [0.25, 0.3) is 0 Å². The summed E-state index contributed by atoms with van der Waals surface area (Å²) in [6, 6.07) is 2.42. The number of hydrogen-bond donors (Lipinski definition) is 1. The fourth-order valence-electron chi connectivity index (χ4n) is 2.68. The number of aryl methyl sites for hydroxylation is 3. The summed E-state index contributed by atoms with van der Waals surface area (Å²) in [6.07, 6.45) is 7.86. The molecule has 0 spiro atoms. The highest BCUT2D eigenvalue weighted by atomic mass is 15.1. The van der Waals surface area contributed by atoms with Gasteiger partial charge in [0, 0.05) is 31.6 Å². The molecule has 0 amide bonds. The third-order valence-electron chi connectivity index (χ3n) is 3.76. The molecular formula is C17H26N4. The van der Waals surface area contributed by atoms with Crippen molar-refractivity contribution in [3.05, 3.63) is 47.3 Å². The lowest BCUT2D eigenvalue weighted by molar-refractivity contribution is 0.494. The number of rotatable bonds is 7. The molecule has 0 aromatic carbocycles. The minimum absolute atomic E-state index is 0.221. The second kappa shape index (κ2) is 7.36. The van der Waals surface area contributed by atoms with E-state index in [9.17, 15) is 0 Å². The number of pyridine rings is 1. The largest absolute Gasteiger partial charge is 0.335 e. The van der Waals surface area contributed by atoms with Crippen molar-refractivity contribution in [1.82, 2.24) is 19.9 Å². The predicted molar refractivity (Wildman–Crippen MR) is 86.4 cm³/mol. The first-order chi connectivity index (χ1) is 10.2. The van der Waals surface area contributed by atoms with Crippen molar-refractivity contribution in [2.45, 2.75) is 53.1 Å². The molecular weight excluding hydrogens is 260 g/mol. The summed E-state index contributed by atoms with van der Waals surface area (Å²) in [5, 5.41) is 3.62. The van der Waals surface area contributed by atoms with Crippen LogP contribution in [0.25, 0.3) is 0 Å². The lowest BCUT2D eigenvalue weighted by atomic mass is 10.0. The van der Waals surface area contributed by atoms with Gasteiger partial charge in [0.05, 0.1) is 11.7 Å². The molecule has 4 nitrogen and oxygen atoms in total. The third-order valence-corrected chi connectivity index (χ3v) is 3.76. The van der Waals surface area contributed by atoms with E-state index in [0.29, 0.717) is 0 Å². The summed E-state index contributed by atoms with van der Waals surface area (Å²) >= 11 is 0. The van der Waals surface area contributed by atoms with Crippen LogP contribution in [0.5, 0.6) is 0 Å². The Balaban J connectivity index is 2.25. The fraction of sp³-hybridized carbons (Fsp3) is 0.529. The lowest BCUT2D eigenvalue weighted by Crippen LogP contribution is -2.27. The number of hydrogen-bond acceptors (Lipinski definition) is 3. The Hall–Kier alpha value is -1.68. The zero-order valence-corrected chi connectivity index (χ0v) is 13.6. The van der Waals surface area contributed by atoms with Crippen LogP contribution < -0.4 is 5.32 Å². The van der Waals surface area contributed by atoms with Crippen LogP contribution in [0.3, 0.4) is 0 Å². The molecule has 21 heavy (non-hydrogen) atoms. The molecule has 1 unspecified atom stereocenters. The van der Waals surface area contributed by atoms with Crippen LogP contribution in [-0.4, -0.2) is 21.1 Å². The maximum absolute atomic E-state index is 4.67. The molecule has 114 valence electrons. The van der Waals surface area contributed by atoms with Crippen molar-refractivity contribution >= 4 is 0 Å². The summed E-state index contributed by atoms with van der Waals surface area (Å²) < 4.78 is 2.20. The van der Waals surface area contributed by atoms with E-state index in [0.717, 1.165) is 37.4 Å². The zero-order chi connectivity index (χ0) is 15.2. The Morgan fingerprint density at radius 3 is 2.71 bits per heavy atom. The van der Waals surface area contributed by atoms with Gasteiger partial charge in [0.2, 0.25) is 0 Å². The van der Waals surface area contributed by atoms with Gasteiger partial charge in [0.15, 0.2) is 0 Å². The first-order valence-electron chi connectivity index (χ1n) is 7.82. The average Bonchev–Trinajstić information content (AvgIpc) is 2.91. The summed E-state index contributed by atoms with van der Waals surface area (Å²) in [5.41, 5.74) is 3.60. The normalized spacial score (nSPS) is 12.6. The summed E-state index contributed by atoms with van der Waals surface area (Å²) in [5.74, 6) is 1.12. The van der Waals surface area contributed by atoms with Crippen LogP contribution in [-0.2, 0) is 13.0 Å². The summed E-state index contributed by atoms with van der Waals surface area (Å²) in [6.45, 7) is 10.5. The molecule has 2 aromatic heterocycles. The van der Waals surface area contributed by atoms with E-state index in [1.54, 1.807) is 0 Å². The van der Waals surface area contributed by atoms with Crippen molar-refractivity contribution in [3.63, 3.8) is 0 Å². The maximum Gasteiger partial charge on any atom is 0.110 e. The van der Waals surface area contributed by atoms with Gasteiger partial charge >= 0.3 is 0 Å². The molecule has 2 rings (SSSR count). The Morgan fingerprint density at radius 2 is 2.05 bits per heavy atom. The summed E-state index contributed by atoms with van der Waals surface area (Å²) in [4.78, 5) is 9.17. The minimum atomic E-state index is 0.221. The monoisotopic (exact) mass is 286 g/mol. The Morgan fingerprint density at radius 1 is 1.24 bits per heavy atom. The van der Waals surface area contributed by atoms with Crippen LogP contribution in [0.15, 0.2) is 24.7 Å². The molecule has 0 bridgehead atoms. The van der Waals surface area contributed by atoms with Gasteiger partial charge in [-0.1, -0.05) is 13.0 Å². The number of imidazole rings is 1. The summed E-state index contributed by atoms with van der Waals surface area (Å²) in [7, 11) is 0. The molecule has 0 aliphatic rings. The van der Waals surface area contributed by atoms with Gasteiger partial charge in [-0.2, -0.15) is 0 Å². The van der Waals surface area contributed by atoms with Crippen LogP contribution in [0.1, 0.15) is 49.0 Å². The van der Waals surface area contributed by atoms with Crippen molar-refractivity contribution in [2.75, 3.05) is 6.54 Å². The lowest BCUT2D eigenvalue weighted by Gasteiger charge is -2.20. The second-order valence-corrected chi connectivity index (χ2v) is 5.56.